The molecule has 0 bridgehead atoms. The first kappa shape index (κ1) is 19.1. The van der Waals surface area contributed by atoms with Gasteiger partial charge in [-0.1, -0.05) is 53.4 Å². The van der Waals surface area contributed by atoms with Gasteiger partial charge in [0.25, 0.3) is 0 Å². The molecule has 1 aliphatic rings. The van der Waals surface area contributed by atoms with Crippen molar-refractivity contribution in [2.45, 2.75) is 30.0 Å². The van der Waals surface area contributed by atoms with Crippen LogP contribution in [-0.2, 0) is 11.3 Å². The molecule has 1 atom stereocenters. The highest BCUT2D eigenvalue weighted by molar-refractivity contribution is 8.02. The highest BCUT2D eigenvalue weighted by Gasteiger charge is 2.27. The number of carbonyl (C=O) groups excluding carboxylic acids is 1. The molecule has 2 N–H and O–H groups in total. The summed E-state index contributed by atoms with van der Waals surface area (Å²) in [5.41, 5.74) is 1.20. The minimum atomic E-state index is -0.131. The Morgan fingerprint density at radius 2 is 2.04 bits per heavy atom. The summed E-state index contributed by atoms with van der Waals surface area (Å²) in [5.74, 6) is 0.208. The molecular formula is C18H26N5OS2+. The molecule has 0 unspecified atom stereocenters. The van der Waals surface area contributed by atoms with Gasteiger partial charge in [0.1, 0.15) is 0 Å². The molecule has 0 spiro atoms. The van der Waals surface area contributed by atoms with Crippen molar-refractivity contribution in [2.75, 3.05) is 38.0 Å². The lowest BCUT2D eigenvalue weighted by Gasteiger charge is -2.32. The van der Waals surface area contributed by atoms with Crippen molar-refractivity contribution in [1.29, 1.82) is 0 Å². The third kappa shape index (κ3) is 5.18. The van der Waals surface area contributed by atoms with E-state index in [9.17, 15) is 4.79 Å². The fourth-order valence-electron chi connectivity index (χ4n) is 2.96. The number of aromatic nitrogens is 2. The number of hydrogen-bond acceptors (Lipinski definition) is 6. The summed E-state index contributed by atoms with van der Waals surface area (Å²) in [6, 6.07) is 10.2. The van der Waals surface area contributed by atoms with Gasteiger partial charge in [0.05, 0.1) is 38.0 Å². The number of likely N-dealkylation sites (N-methyl/N-ethyl adjacent to an activating group) is 1. The topological polar surface area (TPSA) is 62.6 Å². The Balaban J connectivity index is 1.48. The summed E-state index contributed by atoms with van der Waals surface area (Å²) < 4.78 is 0.833. The van der Waals surface area contributed by atoms with Gasteiger partial charge >= 0.3 is 0 Å². The first-order valence-electron chi connectivity index (χ1n) is 9.06. The zero-order chi connectivity index (χ0) is 18.4. The summed E-state index contributed by atoms with van der Waals surface area (Å²) in [4.78, 5) is 16.2. The highest BCUT2D eigenvalue weighted by Crippen LogP contribution is 2.29. The molecule has 1 amide bonds. The molecule has 1 aromatic carbocycles. The molecule has 0 aliphatic carbocycles. The molecule has 1 fully saturated rings. The van der Waals surface area contributed by atoms with Crippen molar-refractivity contribution in [2.24, 2.45) is 0 Å². The molecule has 0 radical (unpaired) electrons. The SMILES string of the molecule is CC[NH+]1CCN(C(=O)[C@@H](C)Sc2nnc(NCc3ccccc3)s2)CC1. The lowest BCUT2D eigenvalue weighted by Crippen LogP contribution is -3.14. The van der Waals surface area contributed by atoms with E-state index in [1.165, 1.54) is 28.7 Å². The summed E-state index contributed by atoms with van der Waals surface area (Å²) in [5, 5.41) is 12.3. The van der Waals surface area contributed by atoms with E-state index in [0.29, 0.717) is 0 Å². The van der Waals surface area contributed by atoms with Gasteiger partial charge in [-0.3, -0.25) is 4.79 Å². The predicted molar refractivity (Wildman–Crippen MR) is 107 cm³/mol. The van der Waals surface area contributed by atoms with E-state index in [1.54, 1.807) is 4.90 Å². The second-order valence-electron chi connectivity index (χ2n) is 6.40. The van der Waals surface area contributed by atoms with Crippen LogP contribution in [0.2, 0.25) is 0 Å². The Bertz CT molecular complexity index is 701. The van der Waals surface area contributed by atoms with E-state index in [2.05, 4.69) is 34.6 Å². The van der Waals surface area contributed by atoms with Crippen LogP contribution >= 0.6 is 23.1 Å². The number of amides is 1. The summed E-state index contributed by atoms with van der Waals surface area (Å²) in [6.45, 7) is 9.82. The molecule has 1 aliphatic heterocycles. The molecule has 8 heteroatoms. The molecule has 6 nitrogen and oxygen atoms in total. The van der Waals surface area contributed by atoms with Crippen LogP contribution in [0, 0.1) is 0 Å². The van der Waals surface area contributed by atoms with Gasteiger partial charge in [0.15, 0.2) is 4.34 Å². The standard InChI is InChI=1S/C18H25N5OS2/c1-3-22-9-11-23(12-10-22)16(24)14(2)25-18-21-20-17(26-18)19-13-15-7-5-4-6-8-15/h4-8,14H,3,9-13H2,1-2H3,(H,19,20)/p+1/t14-/m1/s1. The molecule has 3 rings (SSSR count). The number of benzene rings is 1. The zero-order valence-electron chi connectivity index (χ0n) is 15.3. The fourth-order valence-corrected chi connectivity index (χ4v) is 4.93. The van der Waals surface area contributed by atoms with Crippen molar-refractivity contribution >= 4 is 34.1 Å². The number of rotatable bonds is 7. The highest BCUT2D eigenvalue weighted by atomic mass is 32.2. The lowest BCUT2D eigenvalue weighted by molar-refractivity contribution is -0.902. The van der Waals surface area contributed by atoms with Gasteiger partial charge in [0, 0.05) is 6.54 Å². The zero-order valence-corrected chi connectivity index (χ0v) is 16.9. The summed E-state index contributed by atoms with van der Waals surface area (Å²) in [7, 11) is 0. The maximum atomic E-state index is 12.7. The van der Waals surface area contributed by atoms with E-state index in [-0.39, 0.29) is 11.2 Å². The molecule has 1 saturated heterocycles. The van der Waals surface area contributed by atoms with Crippen molar-refractivity contribution in [3.05, 3.63) is 35.9 Å². The van der Waals surface area contributed by atoms with Crippen LogP contribution < -0.4 is 10.2 Å². The van der Waals surface area contributed by atoms with Gasteiger partial charge in [-0.25, -0.2) is 0 Å². The molecule has 0 saturated carbocycles. The van der Waals surface area contributed by atoms with Crippen LogP contribution in [0.3, 0.4) is 0 Å². The smallest absolute Gasteiger partial charge is 0.236 e. The molecule has 2 heterocycles. The van der Waals surface area contributed by atoms with Crippen molar-refractivity contribution in [3.63, 3.8) is 0 Å². The van der Waals surface area contributed by atoms with Crippen LogP contribution in [0.1, 0.15) is 19.4 Å². The van der Waals surface area contributed by atoms with Crippen LogP contribution in [-0.4, -0.2) is 59.0 Å². The van der Waals surface area contributed by atoms with Crippen molar-refractivity contribution in [3.8, 4) is 0 Å². The second kappa shape index (κ2) is 9.34. The average Bonchev–Trinajstić information content (AvgIpc) is 3.14. The van der Waals surface area contributed by atoms with E-state index in [4.69, 9.17) is 0 Å². The average molecular weight is 393 g/mol. The number of anilines is 1. The van der Waals surface area contributed by atoms with E-state index in [1.807, 2.05) is 30.0 Å². The van der Waals surface area contributed by atoms with Crippen LogP contribution in [0.15, 0.2) is 34.7 Å². The number of piperazine rings is 1. The fraction of sp³-hybridized carbons (Fsp3) is 0.500. The van der Waals surface area contributed by atoms with Crippen molar-refractivity contribution in [1.82, 2.24) is 15.1 Å². The van der Waals surface area contributed by atoms with E-state index in [0.717, 1.165) is 48.7 Å². The number of carbonyl (C=O) groups is 1. The van der Waals surface area contributed by atoms with Crippen molar-refractivity contribution < 1.29 is 9.69 Å². The number of thioether (sulfide) groups is 1. The number of nitrogens with zero attached hydrogens (tertiary/aromatic N) is 3. The maximum absolute atomic E-state index is 12.7. The third-order valence-electron chi connectivity index (χ3n) is 4.60. The van der Waals surface area contributed by atoms with E-state index < -0.39 is 0 Å². The Morgan fingerprint density at radius 1 is 1.31 bits per heavy atom. The minimum absolute atomic E-state index is 0.131. The van der Waals surface area contributed by atoms with Gasteiger partial charge < -0.3 is 15.1 Å². The Hall–Kier alpha value is -1.64. The molecular weight excluding hydrogens is 366 g/mol. The molecule has 26 heavy (non-hydrogen) atoms. The summed E-state index contributed by atoms with van der Waals surface area (Å²) in [6.07, 6.45) is 0. The van der Waals surface area contributed by atoms with E-state index >= 15 is 0 Å². The van der Waals surface area contributed by atoms with Gasteiger partial charge in [0.2, 0.25) is 11.0 Å². The predicted octanol–water partition coefficient (Wildman–Crippen LogP) is 1.38. The molecule has 2 aromatic rings. The minimum Gasteiger partial charge on any atom is -0.356 e. The number of nitrogens with one attached hydrogen (secondary N) is 2. The second-order valence-corrected chi connectivity index (χ2v) is 8.97. The summed E-state index contributed by atoms with van der Waals surface area (Å²) >= 11 is 3.00. The van der Waals surface area contributed by atoms with Crippen LogP contribution in [0.25, 0.3) is 0 Å². The molecule has 1 aromatic heterocycles. The molecule has 140 valence electrons. The van der Waals surface area contributed by atoms with Gasteiger partial charge in [-0.15, -0.1) is 10.2 Å². The van der Waals surface area contributed by atoms with Gasteiger partial charge in [-0.05, 0) is 19.4 Å². The Kier molecular flexibility index (Phi) is 6.87. The Morgan fingerprint density at radius 3 is 2.73 bits per heavy atom. The monoisotopic (exact) mass is 392 g/mol. The largest absolute Gasteiger partial charge is 0.356 e. The van der Waals surface area contributed by atoms with Crippen LogP contribution in [0.4, 0.5) is 5.13 Å². The quantitative estimate of drug-likeness (QED) is 0.697. The first-order chi connectivity index (χ1) is 12.7. The van der Waals surface area contributed by atoms with Crippen LogP contribution in [0.5, 0.6) is 0 Å². The van der Waals surface area contributed by atoms with Gasteiger partial charge in [-0.2, -0.15) is 0 Å². The maximum Gasteiger partial charge on any atom is 0.236 e. The lowest BCUT2D eigenvalue weighted by atomic mass is 10.2. The first-order valence-corrected chi connectivity index (χ1v) is 10.8. The Labute approximate surface area is 163 Å². The number of quaternary nitrogens is 1. The third-order valence-corrected chi connectivity index (χ3v) is 6.65. The normalized spacial score (nSPS) is 16.5. The number of hydrogen-bond donors (Lipinski definition) is 2.